The average molecular weight is 286 g/mol. The molecule has 1 saturated heterocycles. The van der Waals surface area contributed by atoms with E-state index in [1.54, 1.807) is 6.07 Å². The van der Waals surface area contributed by atoms with Gasteiger partial charge in [0.15, 0.2) is 0 Å². The molecule has 0 radical (unpaired) electrons. The molecule has 1 unspecified atom stereocenters. The van der Waals surface area contributed by atoms with Gasteiger partial charge in [0.1, 0.15) is 0 Å². The highest BCUT2D eigenvalue weighted by Crippen LogP contribution is 2.22. The summed E-state index contributed by atoms with van der Waals surface area (Å²) in [5.74, 6) is 0.530. The molecule has 6 heteroatoms. The maximum absolute atomic E-state index is 12.1. The SMILES string of the molecule is NC(=O)CC1CCCN(c2nc3ccccc3c(=O)[nH]2)C1. The highest BCUT2D eigenvalue weighted by Gasteiger charge is 2.23. The summed E-state index contributed by atoms with van der Waals surface area (Å²) >= 11 is 0. The lowest BCUT2D eigenvalue weighted by Gasteiger charge is -2.32. The third-order valence-corrected chi connectivity index (χ3v) is 3.91. The normalized spacial score (nSPS) is 18.9. The van der Waals surface area contributed by atoms with Gasteiger partial charge in [-0.15, -0.1) is 0 Å². The van der Waals surface area contributed by atoms with Gasteiger partial charge in [-0.05, 0) is 30.9 Å². The minimum Gasteiger partial charge on any atom is -0.370 e. The Bertz CT molecular complexity index is 725. The number of nitrogens with zero attached hydrogens (tertiary/aromatic N) is 2. The summed E-state index contributed by atoms with van der Waals surface area (Å²) in [6.07, 6.45) is 2.33. The van der Waals surface area contributed by atoms with Crippen LogP contribution in [0.5, 0.6) is 0 Å². The zero-order chi connectivity index (χ0) is 14.8. The monoisotopic (exact) mass is 286 g/mol. The van der Waals surface area contributed by atoms with Crippen molar-refractivity contribution in [2.45, 2.75) is 19.3 Å². The number of hydrogen-bond donors (Lipinski definition) is 2. The van der Waals surface area contributed by atoms with Gasteiger partial charge < -0.3 is 10.6 Å². The molecule has 0 aliphatic carbocycles. The van der Waals surface area contributed by atoms with Crippen molar-refractivity contribution in [1.82, 2.24) is 9.97 Å². The van der Waals surface area contributed by atoms with Crippen molar-refractivity contribution in [3.05, 3.63) is 34.6 Å². The minimum atomic E-state index is -0.276. The third-order valence-electron chi connectivity index (χ3n) is 3.91. The number of piperidine rings is 1. The number of fused-ring (bicyclic) bond motifs is 1. The second kappa shape index (κ2) is 5.55. The van der Waals surface area contributed by atoms with E-state index in [2.05, 4.69) is 9.97 Å². The summed E-state index contributed by atoms with van der Waals surface area (Å²) in [7, 11) is 0. The first-order chi connectivity index (χ1) is 10.1. The van der Waals surface area contributed by atoms with E-state index in [1.807, 2.05) is 23.1 Å². The quantitative estimate of drug-likeness (QED) is 0.881. The van der Waals surface area contributed by atoms with Gasteiger partial charge in [0, 0.05) is 19.5 Å². The summed E-state index contributed by atoms with van der Waals surface area (Å²) in [6.45, 7) is 1.53. The van der Waals surface area contributed by atoms with E-state index < -0.39 is 0 Å². The molecule has 6 nitrogen and oxygen atoms in total. The molecule has 1 fully saturated rings. The summed E-state index contributed by atoms with van der Waals surface area (Å²) in [4.78, 5) is 32.6. The average Bonchev–Trinajstić information content (AvgIpc) is 2.47. The van der Waals surface area contributed by atoms with E-state index in [4.69, 9.17) is 5.73 Å². The van der Waals surface area contributed by atoms with Crippen molar-refractivity contribution in [3.63, 3.8) is 0 Å². The molecule has 1 aromatic heterocycles. The number of primary amides is 1. The summed E-state index contributed by atoms with van der Waals surface area (Å²) < 4.78 is 0. The van der Waals surface area contributed by atoms with Gasteiger partial charge in [-0.25, -0.2) is 4.98 Å². The van der Waals surface area contributed by atoms with Crippen LogP contribution >= 0.6 is 0 Å². The van der Waals surface area contributed by atoms with Crippen molar-refractivity contribution in [2.75, 3.05) is 18.0 Å². The van der Waals surface area contributed by atoms with Crippen LogP contribution < -0.4 is 16.2 Å². The molecule has 0 spiro atoms. The predicted molar refractivity (Wildman–Crippen MR) is 81.1 cm³/mol. The molecule has 1 atom stereocenters. The number of benzene rings is 1. The summed E-state index contributed by atoms with van der Waals surface area (Å²) in [5.41, 5.74) is 5.83. The van der Waals surface area contributed by atoms with Crippen LogP contribution in [0.1, 0.15) is 19.3 Å². The topological polar surface area (TPSA) is 92.1 Å². The predicted octanol–water partition coefficient (Wildman–Crippen LogP) is 1.01. The maximum atomic E-state index is 12.1. The molecule has 0 saturated carbocycles. The number of carbonyl (C=O) groups excluding carboxylic acids is 1. The van der Waals surface area contributed by atoms with Crippen LogP contribution in [0, 0.1) is 5.92 Å². The number of para-hydroxylation sites is 1. The molecule has 3 rings (SSSR count). The lowest BCUT2D eigenvalue weighted by Crippen LogP contribution is -2.38. The first kappa shape index (κ1) is 13.6. The molecular weight excluding hydrogens is 268 g/mol. The molecule has 2 aromatic rings. The van der Waals surface area contributed by atoms with Crippen LogP contribution in [0.15, 0.2) is 29.1 Å². The fourth-order valence-corrected chi connectivity index (χ4v) is 2.93. The summed E-state index contributed by atoms with van der Waals surface area (Å²) in [5, 5.41) is 0.590. The number of aromatic amines is 1. The summed E-state index contributed by atoms with van der Waals surface area (Å²) in [6, 6.07) is 7.28. The van der Waals surface area contributed by atoms with Gasteiger partial charge in [-0.1, -0.05) is 12.1 Å². The van der Waals surface area contributed by atoms with E-state index in [0.29, 0.717) is 29.8 Å². The Balaban J connectivity index is 1.89. The lowest BCUT2D eigenvalue weighted by molar-refractivity contribution is -0.118. The molecule has 0 bridgehead atoms. The molecule has 2 heterocycles. The molecule has 1 amide bonds. The lowest BCUT2D eigenvalue weighted by atomic mass is 9.95. The second-order valence-electron chi connectivity index (χ2n) is 5.53. The first-order valence-corrected chi connectivity index (χ1v) is 7.16. The Morgan fingerprint density at radius 1 is 1.43 bits per heavy atom. The van der Waals surface area contributed by atoms with Crippen LogP contribution in [0.2, 0.25) is 0 Å². The third kappa shape index (κ3) is 2.89. The minimum absolute atomic E-state index is 0.132. The largest absolute Gasteiger partial charge is 0.370 e. The Morgan fingerprint density at radius 3 is 3.05 bits per heavy atom. The number of anilines is 1. The van der Waals surface area contributed by atoms with E-state index in [9.17, 15) is 9.59 Å². The molecule has 110 valence electrons. The molecular formula is C15H18N4O2. The number of rotatable bonds is 3. The van der Waals surface area contributed by atoms with Crippen molar-refractivity contribution >= 4 is 22.8 Å². The van der Waals surface area contributed by atoms with Crippen LogP contribution in [-0.2, 0) is 4.79 Å². The number of nitrogens with one attached hydrogen (secondary N) is 1. The van der Waals surface area contributed by atoms with Crippen molar-refractivity contribution in [2.24, 2.45) is 11.7 Å². The van der Waals surface area contributed by atoms with Gasteiger partial charge in [-0.3, -0.25) is 14.6 Å². The van der Waals surface area contributed by atoms with Gasteiger partial charge in [0.25, 0.3) is 5.56 Å². The second-order valence-corrected chi connectivity index (χ2v) is 5.53. The van der Waals surface area contributed by atoms with Gasteiger partial charge in [0.2, 0.25) is 11.9 Å². The smallest absolute Gasteiger partial charge is 0.260 e. The van der Waals surface area contributed by atoms with Crippen LogP contribution in [0.3, 0.4) is 0 Å². The number of hydrogen-bond acceptors (Lipinski definition) is 4. The fraction of sp³-hybridized carbons (Fsp3) is 0.400. The standard InChI is InChI=1S/C15H18N4O2/c16-13(20)8-10-4-3-7-19(9-10)15-17-12-6-2-1-5-11(12)14(21)18-15/h1-2,5-6,10H,3-4,7-9H2,(H2,16,20)(H,17,18,21). The Hall–Kier alpha value is -2.37. The Morgan fingerprint density at radius 2 is 2.24 bits per heavy atom. The van der Waals surface area contributed by atoms with Gasteiger partial charge in [-0.2, -0.15) is 0 Å². The van der Waals surface area contributed by atoms with Crippen molar-refractivity contribution in [1.29, 1.82) is 0 Å². The Kier molecular flexibility index (Phi) is 3.60. The highest BCUT2D eigenvalue weighted by atomic mass is 16.1. The van der Waals surface area contributed by atoms with Crippen LogP contribution in [-0.4, -0.2) is 29.0 Å². The van der Waals surface area contributed by atoms with Crippen LogP contribution in [0.25, 0.3) is 10.9 Å². The molecule has 1 aliphatic rings. The number of nitrogens with two attached hydrogens (primary N) is 1. The first-order valence-electron chi connectivity index (χ1n) is 7.16. The van der Waals surface area contributed by atoms with E-state index in [1.165, 1.54) is 0 Å². The molecule has 1 aliphatic heterocycles. The van der Waals surface area contributed by atoms with E-state index in [0.717, 1.165) is 19.4 Å². The van der Waals surface area contributed by atoms with Gasteiger partial charge in [0.05, 0.1) is 10.9 Å². The molecule has 21 heavy (non-hydrogen) atoms. The van der Waals surface area contributed by atoms with E-state index >= 15 is 0 Å². The van der Waals surface area contributed by atoms with Crippen molar-refractivity contribution in [3.8, 4) is 0 Å². The van der Waals surface area contributed by atoms with Gasteiger partial charge >= 0.3 is 0 Å². The molecule has 1 aromatic carbocycles. The number of H-pyrrole nitrogens is 1. The molecule has 3 N–H and O–H groups in total. The zero-order valence-corrected chi connectivity index (χ0v) is 11.7. The Labute approximate surface area is 122 Å². The number of carbonyl (C=O) groups is 1. The maximum Gasteiger partial charge on any atom is 0.260 e. The highest BCUT2D eigenvalue weighted by molar-refractivity contribution is 5.78. The number of aromatic nitrogens is 2. The number of amides is 1. The van der Waals surface area contributed by atoms with E-state index in [-0.39, 0.29) is 17.4 Å². The van der Waals surface area contributed by atoms with Crippen LogP contribution in [0.4, 0.5) is 5.95 Å². The fourth-order valence-electron chi connectivity index (χ4n) is 2.93. The van der Waals surface area contributed by atoms with Crippen molar-refractivity contribution < 1.29 is 4.79 Å². The zero-order valence-electron chi connectivity index (χ0n) is 11.7.